The third-order valence-electron chi connectivity index (χ3n) is 14.9. The number of methoxy groups -OCH3 is 3. The second-order valence-electron chi connectivity index (χ2n) is 19.5. The fraction of sp³-hybridized carbons (Fsp3) is 0.740. The van der Waals surface area contributed by atoms with Crippen LogP contribution in [-0.4, -0.2) is 132 Å². The molecule has 358 valence electrons. The van der Waals surface area contributed by atoms with E-state index in [9.17, 15) is 39.3 Å². The molecule has 0 aromatic carbocycles. The van der Waals surface area contributed by atoms with Crippen LogP contribution < -0.4 is 0 Å². The lowest BCUT2D eigenvalue weighted by Crippen LogP contribution is -2.65. The lowest BCUT2D eigenvalue weighted by Gasteiger charge is -2.50. The molecule has 1 saturated carbocycles. The number of hydrogen-bond donors (Lipinski definition) is 3. The molecule has 0 spiro atoms. The van der Waals surface area contributed by atoms with Gasteiger partial charge in [-0.1, -0.05) is 64.2 Å². The van der Waals surface area contributed by atoms with Gasteiger partial charge in [-0.25, -0.2) is 4.79 Å². The maximum absolute atomic E-state index is 14.4. The SMILES string of the molecule is CO[C@H]1C[C@@H]2CC[C@@H](C)[C@@](O)(O2)C(=O)C(=O)N2CCC[C@@H]3C(C[C@H]4CC[C@@H](O)[C@H](OC)C4)[C@H](CC(=O)[C@@H](C)/C=C(/C)[C@@H](O)[C@@H](OC)C(=O)[C@H](C)C[C@H](C)/C=C/C=C/C=C1C)OC(=O)[C@H]32. The van der Waals surface area contributed by atoms with Crippen molar-refractivity contribution in [2.24, 2.45) is 41.4 Å². The summed E-state index contributed by atoms with van der Waals surface area (Å²) in [7, 11) is 4.52. The van der Waals surface area contributed by atoms with Crippen molar-refractivity contribution in [2.75, 3.05) is 27.9 Å². The molecule has 1 amide bonds. The number of Topliss-reactive ketones (excluding diaryl/α,β-unsaturated/α-hetero) is 3. The van der Waals surface area contributed by atoms with Gasteiger partial charge in [-0.3, -0.25) is 19.2 Å². The van der Waals surface area contributed by atoms with Crippen molar-refractivity contribution < 1.29 is 63.0 Å². The summed E-state index contributed by atoms with van der Waals surface area (Å²) in [6, 6.07) is -1.12. The number of nitrogens with zero attached hydrogens (tertiary/aromatic N) is 1. The summed E-state index contributed by atoms with van der Waals surface area (Å²) in [4.78, 5) is 72.0. The summed E-state index contributed by atoms with van der Waals surface area (Å²) < 4.78 is 29.4. The topological polar surface area (TPSA) is 195 Å². The van der Waals surface area contributed by atoms with Crippen LogP contribution in [0.3, 0.4) is 0 Å². The van der Waals surface area contributed by atoms with E-state index in [-0.39, 0.29) is 42.5 Å². The minimum absolute atomic E-state index is 0.0231. The van der Waals surface area contributed by atoms with Crippen LogP contribution in [0, 0.1) is 41.4 Å². The average molecular weight is 898 g/mol. The highest BCUT2D eigenvalue weighted by Crippen LogP contribution is 2.45. The first-order chi connectivity index (χ1) is 30.3. The molecule has 0 aromatic heterocycles. The molecular formula is C50H75NO13. The van der Waals surface area contributed by atoms with Gasteiger partial charge in [0, 0.05) is 64.4 Å². The zero-order chi connectivity index (χ0) is 47.0. The van der Waals surface area contributed by atoms with Crippen LogP contribution in [-0.2, 0) is 47.7 Å². The van der Waals surface area contributed by atoms with Gasteiger partial charge in [0.2, 0.25) is 5.79 Å². The Morgan fingerprint density at radius 3 is 2.27 bits per heavy atom. The van der Waals surface area contributed by atoms with Gasteiger partial charge < -0.3 is 43.9 Å². The number of carbonyl (C=O) groups is 5. The van der Waals surface area contributed by atoms with Gasteiger partial charge in [0.1, 0.15) is 30.1 Å². The van der Waals surface area contributed by atoms with Gasteiger partial charge in [0.05, 0.1) is 24.4 Å². The Morgan fingerprint density at radius 2 is 1.58 bits per heavy atom. The molecule has 0 aromatic rings. The van der Waals surface area contributed by atoms with E-state index in [1.54, 1.807) is 41.1 Å². The average Bonchev–Trinajstić information content (AvgIpc) is 3.27. The summed E-state index contributed by atoms with van der Waals surface area (Å²) >= 11 is 0. The molecule has 5 aliphatic rings. The maximum atomic E-state index is 14.4. The summed E-state index contributed by atoms with van der Waals surface area (Å²) in [6.07, 6.45) is 10.8. The van der Waals surface area contributed by atoms with Gasteiger partial charge in [0.25, 0.3) is 11.7 Å². The summed E-state index contributed by atoms with van der Waals surface area (Å²) in [5.41, 5.74) is 1.28. The van der Waals surface area contributed by atoms with Gasteiger partial charge >= 0.3 is 5.97 Å². The highest BCUT2D eigenvalue weighted by molar-refractivity contribution is 6.39. The van der Waals surface area contributed by atoms with Crippen LogP contribution in [0.2, 0.25) is 0 Å². The van der Waals surface area contributed by atoms with E-state index < -0.39 is 95.7 Å². The van der Waals surface area contributed by atoms with Gasteiger partial charge in [-0.2, -0.15) is 0 Å². The summed E-state index contributed by atoms with van der Waals surface area (Å²) in [5.74, 6) is -8.43. The van der Waals surface area contributed by atoms with Crippen LogP contribution in [0.1, 0.15) is 112 Å². The fourth-order valence-electron chi connectivity index (χ4n) is 10.9. The number of rotatable bonds is 5. The van der Waals surface area contributed by atoms with Crippen molar-refractivity contribution in [3.63, 3.8) is 0 Å². The van der Waals surface area contributed by atoms with Gasteiger partial charge in [-0.15, -0.1) is 0 Å². The number of allylic oxidation sites excluding steroid dienone is 6. The predicted octanol–water partition coefficient (Wildman–Crippen LogP) is 5.40. The number of aliphatic hydroxyl groups is 3. The Balaban J connectivity index is 1.51. The van der Waals surface area contributed by atoms with Crippen molar-refractivity contribution in [3.8, 4) is 0 Å². The molecule has 1 unspecified atom stereocenters. The van der Waals surface area contributed by atoms with Crippen LogP contribution in [0.5, 0.6) is 0 Å². The second-order valence-corrected chi connectivity index (χ2v) is 19.5. The fourth-order valence-corrected chi connectivity index (χ4v) is 10.9. The molecule has 16 atom stereocenters. The lowest BCUT2D eigenvalue weighted by molar-refractivity contribution is -0.266. The molecule has 3 saturated heterocycles. The molecule has 64 heavy (non-hydrogen) atoms. The monoisotopic (exact) mass is 898 g/mol. The number of ether oxygens (including phenoxy) is 5. The highest BCUT2D eigenvalue weighted by Gasteiger charge is 2.57. The number of fused-ring (bicyclic) bond motifs is 4. The number of piperidine rings is 1. The molecule has 1 aliphatic carbocycles. The van der Waals surface area contributed by atoms with Gasteiger partial charge in [-0.05, 0) is 101 Å². The first kappa shape index (κ1) is 51.6. The van der Waals surface area contributed by atoms with Crippen molar-refractivity contribution in [1.29, 1.82) is 0 Å². The molecule has 14 heteroatoms. The van der Waals surface area contributed by atoms with E-state index >= 15 is 0 Å². The first-order valence-corrected chi connectivity index (χ1v) is 23.5. The number of esters is 1. The normalized spacial score (nSPS) is 42.3. The number of carbonyl (C=O) groups excluding carboxylic acids is 5. The number of aliphatic hydroxyl groups excluding tert-OH is 2. The van der Waals surface area contributed by atoms with Crippen molar-refractivity contribution in [3.05, 3.63) is 47.6 Å². The van der Waals surface area contributed by atoms with E-state index in [1.807, 2.05) is 51.2 Å². The molecule has 4 heterocycles. The van der Waals surface area contributed by atoms with Crippen LogP contribution in [0.25, 0.3) is 0 Å². The van der Waals surface area contributed by atoms with E-state index in [0.717, 1.165) is 5.57 Å². The standard InChI is InChI=1S/C50H75NO13/c1-28-14-11-10-12-15-29(2)40(60-7)26-35-19-17-33(6)50(59,64-35)47(56)48(57)51-21-13-16-36-37(24-34-18-20-38(52)42(25-34)61-8)41(63-49(58)43(36)51)27-39(53)30(3)23-32(5)45(55)46(62-9)44(54)31(4)22-28/h10-12,14-15,23,28,30-31,33-38,40-43,45-46,52,55,59H,13,16-22,24-27H2,1-9H3/b12-10+,14-11+,29-15?,32-23-/t28-,30+,31-,33-,34-,35+,36-,37?,38-,40+,41+,42-,43+,45-,46+,50-/m1/s1. The Kier molecular flexibility index (Phi) is 18.5. The van der Waals surface area contributed by atoms with Crippen LogP contribution in [0.4, 0.5) is 0 Å². The Bertz CT molecular complexity index is 1790. The molecule has 3 N–H and O–H groups in total. The molecular weight excluding hydrogens is 823 g/mol. The second kappa shape index (κ2) is 22.9. The third-order valence-corrected chi connectivity index (χ3v) is 14.9. The van der Waals surface area contributed by atoms with Crippen molar-refractivity contribution >= 4 is 29.2 Å². The third kappa shape index (κ3) is 12.0. The molecule has 4 aliphatic heterocycles. The molecule has 4 bridgehead atoms. The number of ketones is 3. The first-order valence-electron chi connectivity index (χ1n) is 23.5. The van der Waals surface area contributed by atoms with Crippen LogP contribution >= 0.6 is 0 Å². The summed E-state index contributed by atoms with van der Waals surface area (Å²) in [5, 5.41) is 34.1. The smallest absolute Gasteiger partial charge is 0.329 e. The van der Waals surface area contributed by atoms with Gasteiger partial charge in [0.15, 0.2) is 5.78 Å². The maximum Gasteiger partial charge on any atom is 0.329 e. The Morgan fingerprint density at radius 1 is 0.844 bits per heavy atom. The minimum Gasteiger partial charge on any atom is -0.460 e. The largest absolute Gasteiger partial charge is 0.460 e. The van der Waals surface area contributed by atoms with E-state index in [1.165, 1.54) is 12.0 Å². The zero-order valence-corrected chi connectivity index (χ0v) is 39.5. The van der Waals surface area contributed by atoms with E-state index in [2.05, 4.69) is 0 Å². The molecule has 0 radical (unpaired) electrons. The number of amides is 1. The molecule has 5 rings (SSSR count). The summed E-state index contributed by atoms with van der Waals surface area (Å²) in [6.45, 7) is 10.9. The minimum atomic E-state index is -2.43. The predicted molar refractivity (Wildman–Crippen MR) is 238 cm³/mol. The van der Waals surface area contributed by atoms with Crippen molar-refractivity contribution in [1.82, 2.24) is 4.90 Å². The van der Waals surface area contributed by atoms with Crippen molar-refractivity contribution in [2.45, 2.75) is 167 Å². The quantitative estimate of drug-likeness (QED) is 0.181. The van der Waals surface area contributed by atoms with E-state index in [0.29, 0.717) is 69.8 Å². The Hall–Kier alpha value is -3.37. The van der Waals surface area contributed by atoms with Crippen LogP contribution in [0.15, 0.2) is 47.6 Å². The molecule has 4 fully saturated rings. The molecule has 14 nitrogen and oxygen atoms in total. The number of hydrogen-bond acceptors (Lipinski definition) is 13. The lowest BCUT2D eigenvalue weighted by atomic mass is 9.68. The zero-order valence-electron chi connectivity index (χ0n) is 39.5. The van der Waals surface area contributed by atoms with E-state index in [4.69, 9.17) is 23.7 Å². The Labute approximate surface area is 379 Å². The highest BCUT2D eigenvalue weighted by atomic mass is 16.6.